The predicted octanol–water partition coefficient (Wildman–Crippen LogP) is 2.16. The number of hydrogen-bond acceptors (Lipinski definition) is 6. The molecule has 0 saturated heterocycles. The number of hydrogen-bond donors (Lipinski definition) is 1. The number of methoxy groups -OCH3 is 1. The van der Waals surface area contributed by atoms with Crippen LogP contribution in [0.5, 0.6) is 0 Å². The molecule has 0 aliphatic rings. The highest BCUT2D eigenvalue weighted by Crippen LogP contribution is 2.19. The molecule has 20 heavy (non-hydrogen) atoms. The average Bonchev–Trinajstić information content (AvgIpc) is 2.86. The summed E-state index contributed by atoms with van der Waals surface area (Å²) in [7, 11) is 1.31. The number of carbonyl (C=O) groups is 2. The van der Waals surface area contributed by atoms with Crippen molar-refractivity contribution in [3.63, 3.8) is 0 Å². The average molecular weight is 312 g/mol. The largest absolute Gasteiger partial charge is 0.469 e. The molecule has 0 aliphatic carbocycles. The molecule has 1 amide bonds. The molecule has 0 unspecified atom stereocenters. The van der Waals surface area contributed by atoms with Crippen molar-refractivity contribution in [3.8, 4) is 0 Å². The number of aromatic nitrogens is 2. The molecule has 0 aromatic carbocycles. The minimum atomic E-state index is -0.401. The summed E-state index contributed by atoms with van der Waals surface area (Å²) in [6, 6.07) is 1.53. The molecule has 2 aromatic rings. The first-order valence-corrected chi connectivity index (χ1v) is 6.78. The molecule has 8 heteroatoms. The van der Waals surface area contributed by atoms with Gasteiger partial charge in [-0.05, 0) is 6.07 Å². The molecule has 1 N–H and O–H groups in total. The SMILES string of the molecule is COC(=O)Cc1csc(NC(=O)c2cnccc2Cl)n1. The second kappa shape index (κ2) is 6.44. The highest BCUT2D eigenvalue weighted by molar-refractivity contribution is 7.14. The Bertz CT molecular complexity index is 644. The Labute approximate surface area is 123 Å². The molecule has 0 spiro atoms. The highest BCUT2D eigenvalue weighted by atomic mass is 35.5. The van der Waals surface area contributed by atoms with Gasteiger partial charge >= 0.3 is 5.97 Å². The van der Waals surface area contributed by atoms with Crippen LogP contribution in [-0.4, -0.2) is 29.0 Å². The van der Waals surface area contributed by atoms with Gasteiger partial charge in [0.1, 0.15) is 0 Å². The summed E-state index contributed by atoms with van der Waals surface area (Å²) in [6.45, 7) is 0. The fraction of sp³-hybridized carbons (Fsp3) is 0.167. The number of carbonyl (C=O) groups excluding carboxylic acids is 2. The molecular formula is C12H10ClN3O3S. The van der Waals surface area contributed by atoms with Crippen molar-refractivity contribution < 1.29 is 14.3 Å². The summed E-state index contributed by atoms with van der Waals surface area (Å²) in [5, 5.41) is 4.97. The fourth-order valence-corrected chi connectivity index (χ4v) is 2.27. The lowest BCUT2D eigenvalue weighted by Crippen LogP contribution is -2.13. The van der Waals surface area contributed by atoms with E-state index in [0.29, 0.717) is 15.8 Å². The van der Waals surface area contributed by atoms with E-state index in [4.69, 9.17) is 11.6 Å². The third-order valence-electron chi connectivity index (χ3n) is 2.34. The van der Waals surface area contributed by atoms with E-state index in [1.54, 1.807) is 5.38 Å². The maximum atomic E-state index is 12.0. The van der Waals surface area contributed by atoms with E-state index in [9.17, 15) is 9.59 Å². The van der Waals surface area contributed by atoms with Crippen molar-refractivity contribution >= 4 is 39.9 Å². The topological polar surface area (TPSA) is 81.2 Å². The Morgan fingerprint density at radius 1 is 1.50 bits per heavy atom. The van der Waals surface area contributed by atoms with Crippen LogP contribution in [-0.2, 0) is 16.0 Å². The zero-order valence-corrected chi connectivity index (χ0v) is 12.0. The Kier molecular flexibility index (Phi) is 4.65. The van der Waals surface area contributed by atoms with E-state index >= 15 is 0 Å². The van der Waals surface area contributed by atoms with Crippen LogP contribution < -0.4 is 5.32 Å². The van der Waals surface area contributed by atoms with Crippen LogP contribution in [0, 0.1) is 0 Å². The van der Waals surface area contributed by atoms with E-state index in [2.05, 4.69) is 20.0 Å². The first kappa shape index (κ1) is 14.4. The standard InChI is InChI=1S/C12H10ClN3O3S/c1-19-10(17)4-7-6-20-12(15-7)16-11(18)8-5-14-3-2-9(8)13/h2-3,5-6H,4H2,1H3,(H,15,16,18). The van der Waals surface area contributed by atoms with Crippen molar-refractivity contribution in [2.75, 3.05) is 12.4 Å². The Morgan fingerprint density at radius 2 is 2.30 bits per heavy atom. The normalized spacial score (nSPS) is 10.1. The number of thiazole rings is 1. The second-order valence-corrected chi connectivity index (χ2v) is 4.97. The number of rotatable bonds is 4. The smallest absolute Gasteiger partial charge is 0.311 e. The van der Waals surface area contributed by atoms with E-state index < -0.39 is 5.91 Å². The summed E-state index contributed by atoms with van der Waals surface area (Å²) in [6.07, 6.45) is 2.94. The number of nitrogens with one attached hydrogen (secondary N) is 1. The van der Waals surface area contributed by atoms with Crippen molar-refractivity contribution in [1.29, 1.82) is 0 Å². The molecule has 2 aromatic heterocycles. The van der Waals surface area contributed by atoms with Crippen LogP contribution in [0.25, 0.3) is 0 Å². The molecule has 0 radical (unpaired) electrons. The van der Waals surface area contributed by atoms with E-state index in [0.717, 1.165) is 0 Å². The number of amides is 1. The number of esters is 1. The summed E-state index contributed by atoms with van der Waals surface area (Å²) in [5.41, 5.74) is 0.799. The maximum absolute atomic E-state index is 12.0. The minimum absolute atomic E-state index is 0.0660. The van der Waals surface area contributed by atoms with E-state index in [1.807, 2.05) is 0 Å². The van der Waals surface area contributed by atoms with Gasteiger partial charge in [-0.15, -0.1) is 11.3 Å². The predicted molar refractivity (Wildman–Crippen MR) is 75.0 cm³/mol. The molecule has 0 bridgehead atoms. The van der Waals surface area contributed by atoms with Crippen molar-refractivity contribution in [2.45, 2.75) is 6.42 Å². The van der Waals surface area contributed by atoms with Crippen LogP contribution >= 0.6 is 22.9 Å². The monoisotopic (exact) mass is 311 g/mol. The molecule has 0 saturated carbocycles. The van der Waals surface area contributed by atoms with Gasteiger partial charge in [0.2, 0.25) is 0 Å². The summed E-state index contributed by atoms with van der Waals surface area (Å²) >= 11 is 7.12. The molecule has 104 valence electrons. The quantitative estimate of drug-likeness (QED) is 0.875. The highest BCUT2D eigenvalue weighted by Gasteiger charge is 2.13. The lowest BCUT2D eigenvalue weighted by Gasteiger charge is -2.02. The fourth-order valence-electron chi connectivity index (χ4n) is 1.37. The second-order valence-electron chi connectivity index (χ2n) is 3.71. The van der Waals surface area contributed by atoms with Crippen LogP contribution in [0.2, 0.25) is 5.02 Å². The van der Waals surface area contributed by atoms with Gasteiger partial charge in [-0.25, -0.2) is 4.98 Å². The van der Waals surface area contributed by atoms with Crippen molar-refractivity contribution in [1.82, 2.24) is 9.97 Å². The Hall–Kier alpha value is -1.99. The zero-order valence-electron chi connectivity index (χ0n) is 10.4. The first-order valence-electron chi connectivity index (χ1n) is 5.52. The van der Waals surface area contributed by atoms with Crippen LogP contribution in [0.3, 0.4) is 0 Å². The van der Waals surface area contributed by atoms with Gasteiger partial charge in [0, 0.05) is 17.8 Å². The van der Waals surface area contributed by atoms with E-state index in [1.165, 1.54) is 36.9 Å². The van der Waals surface area contributed by atoms with Crippen LogP contribution in [0.4, 0.5) is 5.13 Å². The summed E-state index contributed by atoms with van der Waals surface area (Å²) in [5.74, 6) is -0.787. The molecule has 0 fully saturated rings. The third-order valence-corrected chi connectivity index (χ3v) is 3.47. The lowest BCUT2D eigenvalue weighted by molar-refractivity contribution is -0.139. The molecular weight excluding hydrogens is 302 g/mol. The first-order chi connectivity index (χ1) is 9.60. The van der Waals surface area contributed by atoms with Gasteiger partial charge in [0.05, 0.1) is 29.8 Å². The molecule has 0 atom stereocenters. The van der Waals surface area contributed by atoms with E-state index in [-0.39, 0.29) is 18.0 Å². The molecule has 6 nitrogen and oxygen atoms in total. The number of anilines is 1. The number of pyridine rings is 1. The van der Waals surface area contributed by atoms with Gasteiger partial charge in [-0.1, -0.05) is 11.6 Å². The number of ether oxygens (including phenoxy) is 1. The summed E-state index contributed by atoms with van der Waals surface area (Å²) in [4.78, 5) is 31.0. The lowest BCUT2D eigenvalue weighted by atomic mass is 10.3. The molecule has 2 heterocycles. The third kappa shape index (κ3) is 3.52. The summed E-state index contributed by atoms with van der Waals surface area (Å²) < 4.78 is 4.54. The van der Waals surface area contributed by atoms with Crippen molar-refractivity contribution in [3.05, 3.63) is 40.1 Å². The van der Waals surface area contributed by atoms with Gasteiger partial charge in [-0.3, -0.25) is 19.9 Å². The zero-order chi connectivity index (χ0) is 14.5. The van der Waals surface area contributed by atoms with Gasteiger partial charge in [-0.2, -0.15) is 0 Å². The van der Waals surface area contributed by atoms with Gasteiger partial charge in [0.25, 0.3) is 5.91 Å². The maximum Gasteiger partial charge on any atom is 0.311 e. The molecule has 2 rings (SSSR count). The minimum Gasteiger partial charge on any atom is -0.469 e. The number of nitrogens with zero attached hydrogens (tertiary/aromatic N) is 2. The van der Waals surface area contributed by atoms with Gasteiger partial charge < -0.3 is 4.74 Å². The van der Waals surface area contributed by atoms with Crippen molar-refractivity contribution in [2.24, 2.45) is 0 Å². The number of halogens is 1. The molecule has 0 aliphatic heterocycles. The Morgan fingerprint density at radius 3 is 3.00 bits per heavy atom. The van der Waals surface area contributed by atoms with Gasteiger partial charge in [0.15, 0.2) is 5.13 Å². The van der Waals surface area contributed by atoms with Crippen LogP contribution in [0.1, 0.15) is 16.1 Å². The van der Waals surface area contributed by atoms with Crippen LogP contribution in [0.15, 0.2) is 23.8 Å². The Balaban J connectivity index is 2.05.